The Bertz CT molecular complexity index is 458. The van der Waals surface area contributed by atoms with Crippen LogP contribution in [-0.2, 0) is 0 Å². The SMILES string of the molecule is CCCCCCC(=O)c1cc(OCC)c(OCC)cc1Br. The molecule has 118 valence electrons. The lowest BCUT2D eigenvalue weighted by Crippen LogP contribution is -2.04. The second-order valence-electron chi connectivity index (χ2n) is 4.88. The summed E-state index contributed by atoms with van der Waals surface area (Å²) in [7, 11) is 0. The van der Waals surface area contributed by atoms with Gasteiger partial charge in [-0.05, 0) is 48.3 Å². The number of carbonyl (C=O) groups is 1. The van der Waals surface area contributed by atoms with Crippen molar-refractivity contribution in [3.63, 3.8) is 0 Å². The topological polar surface area (TPSA) is 35.5 Å². The van der Waals surface area contributed by atoms with E-state index in [0.717, 1.165) is 17.3 Å². The van der Waals surface area contributed by atoms with Gasteiger partial charge in [0.25, 0.3) is 0 Å². The molecule has 0 heterocycles. The van der Waals surface area contributed by atoms with Crippen molar-refractivity contribution in [1.82, 2.24) is 0 Å². The van der Waals surface area contributed by atoms with Crippen molar-refractivity contribution in [3.05, 3.63) is 22.2 Å². The standard InChI is InChI=1S/C17H25BrO3/c1-4-7-8-9-10-15(19)13-11-16(20-5-2)17(21-6-3)12-14(13)18/h11-12H,4-10H2,1-3H3. The summed E-state index contributed by atoms with van der Waals surface area (Å²) in [5.74, 6) is 1.47. The maximum absolute atomic E-state index is 12.3. The molecule has 0 atom stereocenters. The molecular formula is C17H25BrO3. The Balaban J connectivity index is 2.85. The van der Waals surface area contributed by atoms with E-state index in [1.54, 1.807) is 6.07 Å². The zero-order valence-electron chi connectivity index (χ0n) is 13.2. The maximum atomic E-state index is 12.3. The summed E-state index contributed by atoms with van der Waals surface area (Å²) in [5, 5.41) is 0. The molecule has 0 aliphatic heterocycles. The highest BCUT2D eigenvalue weighted by atomic mass is 79.9. The number of carbonyl (C=O) groups excluding carboxylic acids is 1. The third kappa shape index (κ3) is 5.70. The predicted octanol–water partition coefficient (Wildman–Crippen LogP) is 5.40. The molecule has 1 aromatic rings. The van der Waals surface area contributed by atoms with E-state index in [-0.39, 0.29) is 5.78 Å². The van der Waals surface area contributed by atoms with E-state index in [2.05, 4.69) is 22.9 Å². The van der Waals surface area contributed by atoms with Crippen molar-refractivity contribution in [2.24, 2.45) is 0 Å². The Morgan fingerprint density at radius 3 is 2.19 bits per heavy atom. The molecule has 0 spiro atoms. The number of ketones is 1. The van der Waals surface area contributed by atoms with Gasteiger partial charge in [0.15, 0.2) is 17.3 Å². The van der Waals surface area contributed by atoms with Gasteiger partial charge in [-0.25, -0.2) is 0 Å². The van der Waals surface area contributed by atoms with Crippen LogP contribution in [0.4, 0.5) is 0 Å². The molecule has 0 saturated carbocycles. The average Bonchev–Trinajstić information content (AvgIpc) is 2.46. The van der Waals surface area contributed by atoms with Gasteiger partial charge >= 0.3 is 0 Å². The number of unbranched alkanes of at least 4 members (excludes halogenated alkanes) is 3. The Labute approximate surface area is 136 Å². The van der Waals surface area contributed by atoms with Gasteiger partial charge in [0.1, 0.15) is 0 Å². The zero-order chi connectivity index (χ0) is 15.7. The van der Waals surface area contributed by atoms with Crippen molar-refractivity contribution >= 4 is 21.7 Å². The highest BCUT2D eigenvalue weighted by molar-refractivity contribution is 9.10. The average molecular weight is 357 g/mol. The van der Waals surface area contributed by atoms with Crippen LogP contribution in [0.5, 0.6) is 11.5 Å². The van der Waals surface area contributed by atoms with Crippen LogP contribution in [0.3, 0.4) is 0 Å². The van der Waals surface area contributed by atoms with Crippen molar-refractivity contribution < 1.29 is 14.3 Å². The van der Waals surface area contributed by atoms with Gasteiger partial charge in [0, 0.05) is 16.5 Å². The van der Waals surface area contributed by atoms with E-state index in [4.69, 9.17) is 9.47 Å². The number of ether oxygens (including phenoxy) is 2. The summed E-state index contributed by atoms with van der Waals surface area (Å²) >= 11 is 3.47. The summed E-state index contributed by atoms with van der Waals surface area (Å²) in [6.45, 7) is 7.13. The normalized spacial score (nSPS) is 10.5. The molecule has 0 N–H and O–H groups in total. The van der Waals surface area contributed by atoms with Crippen LogP contribution in [0, 0.1) is 0 Å². The molecule has 1 aromatic carbocycles. The Kier molecular flexibility index (Phi) is 8.43. The van der Waals surface area contributed by atoms with E-state index in [1.165, 1.54) is 12.8 Å². The first kappa shape index (κ1) is 18.0. The minimum absolute atomic E-state index is 0.155. The number of hydrogen-bond acceptors (Lipinski definition) is 3. The lowest BCUT2D eigenvalue weighted by molar-refractivity contribution is 0.0978. The number of Topliss-reactive ketones (excluding diaryl/α,β-unsaturated/α-hetero) is 1. The van der Waals surface area contributed by atoms with Gasteiger partial charge < -0.3 is 9.47 Å². The van der Waals surface area contributed by atoms with Gasteiger partial charge in [-0.1, -0.05) is 26.2 Å². The molecule has 3 nitrogen and oxygen atoms in total. The summed E-state index contributed by atoms with van der Waals surface area (Å²) in [5.41, 5.74) is 0.679. The molecule has 0 aliphatic rings. The highest BCUT2D eigenvalue weighted by Crippen LogP contribution is 2.34. The first-order valence-corrected chi connectivity index (χ1v) is 8.55. The molecule has 0 bridgehead atoms. The number of benzene rings is 1. The molecule has 1 rings (SSSR count). The molecule has 0 amide bonds. The van der Waals surface area contributed by atoms with Gasteiger partial charge in [0.05, 0.1) is 13.2 Å². The van der Waals surface area contributed by atoms with Crippen LogP contribution in [0.1, 0.15) is 63.2 Å². The van der Waals surface area contributed by atoms with Crippen LogP contribution in [0.2, 0.25) is 0 Å². The summed E-state index contributed by atoms with van der Waals surface area (Å²) < 4.78 is 11.9. The monoisotopic (exact) mass is 356 g/mol. The fourth-order valence-electron chi connectivity index (χ4n) is 2.13. The van der Waals surface area contributed by atoms with Crippen molar-refractivity contribution in [2.75, 3.05) is 13.2 Å². The fraction of sp³-hybridized carbons (Fsp3) is 0.588. The van der Waals surface area contributed by atoms with E-state index in [0.29, 0.717) is 36.7 Å². The zero-order valence-corrected chi connectivity index (χ0v) is 14.8. The largest absolute Gasteiger partial charge is 0.490 e. The van der Waals surface area contributed by atoms with Crippen molar-refractivity contribution in [3.8, 4) is 11.5 Å². The van der Waals surface area contributed by atoms with E-state index >= 15 is 0 Å². The molecule has 0 fully saturated rings. The van der Waals surface area contributed by atoms with Crippen LogP contribution in [0.15, 0.2) is 16.6 Å². The van der Waals surface area contributed by atoms with Crippen LogP contribution in [-0.4, -0.2) is 19.0 Å². The third-order valence-electron chi connectivity index (χ3n) is 3.19. The second-order valence-corrected chi connectivity index (χ2v) is 5.73. The smallest absolute Gasteiger partial charge is 0.164 e. The van der Waals surface area contributed by atoms with Crippen LogP contribution < -0.4 is 9.47 Å². The van der Waals surface area contributed by atoms with Crippen LogP contribution >= 0.6 is 15.9 Å². The molecule has 4 heteroatoms. The molecule has 0 unspecified atom stereocenters. The minimum atomic E-state index is 0.155. The molecule has 0 aromatic heterocycles. The maximum Gasteiger partial charge on any atom is 0.164 e. The molecule has 21 heavy (non-hydrogen) atoms. The molecule has 0 radical (unpaired) electrons. The van der Waals surface area contributed by atoms with E-state index < -0.39 is 0 Å². The summed E-state index contributed by atoms with van der Waals surface area (Å²) in [6.07, 6.45) is 4.99. The number of hydrogen-bond donors (Lipinski definition) is 0. The quantitative estimate of drug-likeness (QED) is 0.415. The first-order chi connectivity index (χ1) is 10.1. The van der Waals surface area contributed by atoms with Gasteiger partial charge in [-0.15, -0.1) is 0 Å². The number of rotatable bonds is 10. The second kappa shape index (κ2) is 9.82. The predicted molar refractivity (Wildman–Crippen MR) is 89.6 cm³/mol. The Morgan fingerprint density at radius 1 is 1.00 bits per heavy atom. The van der Waals surface area contributed by atoms with Gasteiger partial charge in [0.2, 0.25) is 0 Å². The van der Waals surface area contributed by atoms with Gasteiger partial charge in [-0.3, -0.25) is 4.79 Å². The van der Waals surface area contributed by atoms with E-state index in [1.807, 2.05) is 19.9 Å². The Morgan fingerprint density at radius 2 is 1.62 bits per heavy atom. The van der Waals surface area contributed by atoms with Crippen LogP contribution in [0.25, 0.3) is 0 Å². The van der Waals surface area contributed by atoms with Crippen molar-refractivity contribution in [1.29, 1.82) is 0 Å². The van der Waals surface area contributed by atoms with Gasteiger partial charge in [-0.2, -0.15) is 0 Å². The lowest BCUT2D eigenvalue weighted by atomic mass is 10.0. The van der Waals surface area contributed by atoms with E-state index in [9.17, 15) is 4.79 Å². The minimum Gasteiger partial charge on any atom is -0.490 e. The Hall–Kier alpha value is -1.03. The first-order valence-electron chi connectivity index (χ1n) is 7.76. The third-order valence-corrected chi connectivity index (χ3v) is 3.85. The molecule has 0 saturated heterocycles. The molecular weight excluding hydrogens is 332 g/mol. The fourth-order valence-corrected chi connectivity index (χ4v) is 2.68. The lowest BCUT2D eigenvalue weighted by Gasteiger charge is -2.13. The molecule has 0 aliphatic carbocycles. The summed E-state index contributed by atoms with van der Waals surface area (Å²) in [4.78, 5) is 12.3. The summed E-state index contributed by atoms with van der Waals surface area (Å²) in [6, 6.07) is 3.62. The highest BCUT2D eigenvalue weighted by Gasteiger charge is 2.15. The van der Waals surface area contributed by atoms with Crippen molar-refractivity contribution in [2.45, 2.75) is 52.9 Å². The number of halogens is 1.